The van der Waals surface area contributed by atoms with Crippen LogP contribution in [0.25, 0.3) is 17.0 Å². The van der Waals surface area contributed by atoms with Crippen LogP contribution in [0.3, 0.4) is 0 Å². The number of hydrogen-bond acceptors (Lipinski definition) is 3. The van der Waals surface area contributed by atoms with Gasteiger partial charge in [-0.1, -0.05) is 11.6 Å². The van der Waals surface area contributed by atoms with Crippen LogP contribution in [0.15, 0.2) is 35.1 Å². The Bertz CT molecular complexity index is 975. The molecule has 1 amide bonds. The number of pyridine rings is 1. The van der Waals surface area contributed by atoms with Crippen LogP contribution in [0, 0.1) is 5.92 Å². The average Bonchev–Trinajstić information content (AvgIpc) is 3.13. The van der Waals surface area contributed by atoms with Crippen LogP contribution in [0.4, 0.5) is 13.2 Å². The van der Waals surface area contributed by atoms with E-state index in [1.807, 2.05) is 0 Å². The minimum Gasteiger partial charge on any atom is -0.464 e. The fraction of sp³-hybridized carbons (Fsp3) is 0.294. The smallest absolute Gasteiger partial charge is 0.420 e. The molecule has 3 heterocycles. The fourth-order valence-electron chi connectivity index (χ4n) is 2.69. The first-order valence-electron chi connectivity index (χ1n) is 7.95. The molecule has 0 unspecified atom stereocenters. The summed E-state index contributed by atoms with van der Waals surface area (Å²) in [6.07, 6.45) is 0.129. The molecule has 1 fully saturated rings. The molecular weight excluding hydrogens is 371 g/mol. The molecule has 9 heteroatoms. The first-order chi connectivity index (χ1) is 12.3. The quantitative estimate of drug-likeness (QED) is 0.726. The van der Waals surface area contributed by atoms with Crippen molar-refractivity contribution in [2.75, 3.05) is 6.54 Å². The van der Waals surface area contributed by atoms with Crippen LogP contribution >= 0.6 is 11.6 Å². The Morgan fingerprint density at radius 1 is 1.42 bits per heavy atom. The summed E-state index contributed by atoms with van der Waals surface area (Å²) in [7, 11) is 0. The number of amides is 1. The maximum atomic E-state index is 13.5. The number of alkyl halides is 3. The van der Waals surface area contributed by atoms with E-state index < -0.39 is 23.3 Å². The summed E-state index contributed by atoms with van der Waals surface area (Å²) in [6, 6.07) is 4.04. The Balaban J connectivity index is 1.84. The van der Waals surface area contributed by atoms with E-state index in [9.17, 15) is 18.0 Å². The second-order valence-electron chi connectivity index (χ2n) is 6.22. The second-order valence-corrected chi connectivity index (χ2v) is 6.57. The lowest BCUT2D eigenvalue weighted by molar-refractivity contribution is -0.136. The Morgan fingerprint density at radius 2 is 2.19 bits per heavy atom. The highest BCUT2D eigenvalue weighted by molar-refractivity contribution is 6.33. The zero-order valence-corrected chi connectivity index (χ0v) is 14.1. The minimum absolute atomic E-state index is 0.174. The van der Waals surface area contributed by atoms with Crippen LogP contribution in [0.1, 0.15) is 28.9 Å². The van der Waals surface area contributed by atoms with E-state index >= 15 is 0 Å². The number of nitrogens with one attached hydrogen (secondary N) is 1. The highest BCUT2D eigenvalue weighted by Gasteiger charge is 2.36. The third-order valence-corrected chi connectivity index (χ3v) is 4.60. The Hall–Kier alpha value is -2.48. The number of carbonyl (C=O) groups excluding carboxylic acids is 1. The fourth-order valence-corrected chi connectivity index (χ4v) is 2.95. The van der Waals surface area contributed by atoms with Crippen molar-refractivity contribution in [2.24, 2.45) is 5.92 Å². The van der Waals surface area contributed by atoms with Gasteiger partial charge < -0.3 is 9.73 Å². The molecule has 136 valence electrons. The first-order valence-corrected chi connectivity index (χ1v) is 8.33. The number of imidazole rings is 1. The van der Waals surface area contributed by atoms with Crippen molar-refractivity contribution in [2.45, 2.75) is 19.0 Å². The molecule has 1 saturated carbocycles. The molecule has 26 heavy (non-hydrogen) atoms. The summed E-state index contributed by atoms with van der Waals surface area (Å²) >= 11 is 6.18. The molecular formula is C17H13ClF3N3O2. The van der Waals surface area contributed by atoms with E-state index in [0.717, 1.165) is 23.3 Å². The van der Waals surface area contributed by atoms with Crippen molar-refractivity contribution in [1.82, 2.24) is 14.7 Å². The summed E-state index contributed by atoms with van der Waals surface area (Å²) in [5.74, 6) is 0.0891. The van der Waals surface area contributed by atoms with Crippen molar-refractivity contribution in [3.8, 4) is 11.3 Å². The van der Waals surface area contributed by atoms with Crippen molar-refractivity contribution in [1.29, 1.82) is 0 Å². The molecule has 0 spiro atoms. The predicted molar refractivity (Wildman–Crippen MR) is 88.0 cm³/mol. The normalized spacial score (nSPS) is 14.8. The Labute approximate surface area is 150 Å². The summed E-state index contributed by atoms with van der Waals surface area (Å²) in [5, 5.41) is 2.49. The number of furan rings is 1. The minimum atomic E-state index is -4.67. The number of hydrogen-bond donors (Lipinski definition) is 1. The second kappa shape index (κ2) is 6.05. The molecule has 5 nitrogen and oxygen atoms in total. The summed E-state index contributed by atoms with van der Waals surface area (Å²) < 4.78 is 46.8. The zero-order chi connectivity index (χ0) is 18.5. The molecule has 1 aliphatic rings. The number of carbonyl (C=O) groups is 1. The molecule has 4 rings (SSSR count). The molecule has 1 aliphatic carbocycles. The van der Waals surface area contributed by atoms with Crippen LogP contribution in [-0.2, 0) is 6.18 Å². The number of rotatable bonds is 4. The van der Waals surface area contributed by atoms with Gasteiger partial charge in [-0.3, -0.25) is 9.20 Å². The summed E-state index contributed by atoms with van der Waals surface area (Å²) in [6.45, 7) is 0.465. The standard InChI is InChI=1S/C17H13ClF3N3O2/c18-14-13(16(25)22-7-9-3-4-9)23-15-11(17(19,20)21)6-10(8-24(14)15)12-2-1-5-26-12/h1-2,5-6,8-9H,3-4,7H2,(H,22,25). The van der Waals surface area contributed by atoms with Crippen molar-refractivity contribution in [3.63, 3.8) is 0 Å². The summed E-state index contributed by atoms with van der Waals surface area (Å²) in [5.41, 5.74) is -1.46. The van der Waals surface area contributed by atoms with Gasteiger partial charge in [-0.2, -0.15) is 13.2 Å². The maximum absolute atomic E-state index is 13.5. The molecule has 0 saturated heterocycles. The van der Waals surface area contributed by atoms with Crippen LogP contribution in [-0.4, -0.2) is 21.8 Å². The number of halogens is 4. The molecule has 3 aromatic rings. The number of nitrogens with zero attached hydrogens (tertiary/aromatic N) is 2. The monoisotopic (exact) mass is 383 g/mol. The SMILES string of the molecule is O=C(NCC1CC1)c1nc2c(C(F)(F)F)cc(-c3ccco3)cn2c1Cl. The lowest BCUT2D eigenvalue weighted by atomic mass is 10.1. The van der Waals surface area contributed by atoms with E-state index in [1.165, 1.54) is 18.5 Å². The molecule has 0 radical (unpaired) electrons. The zero-order valence-electron chi connectivity index (χ0n) is 13.3. The highest BCUT2D eigenvalue weighted by atomic mass is 35.5. The molecule has 0 atom stereocenters. The van der Waals surface area contributed by atoms with E-state index in [2.05, 4.69) is 10.3 Å². The van der Waals surface area contributed by atoms with Gasteiger partial charge in [-0.25, -0.2) is 4.98 Å². The van der Waals surface area contributed by atoms with E-state index in [1.54, 1.807) is 6.07 Å². The molecule has 0 bridgehead atoms. The average molecular weight is 384 g/mol. The Morgan fingerprint density at radius 3 is 2.81 bits per heavy atom. The van der Waals surface area contributed by atoms with Gasteiger partial charge in [-0.15, -0.1) is 0 Å². The molecule has 0 aliphatic heterocycles. The topological polar surface area (TPSA) is 59.5 Å². The van der Waals surface area contributed by atoms with E-state index in [-0.39, 0.29) is 22.2 Å². The van der Waals surface area contributed by atoms with Crippen molar-refractivity contribution in [3.05, 3.63) is 47.1 Å². The maximum Gasteiger partial charge on any atom is 0.420 e. The van der Waals surface area contributed by atoms with Gasteiger partial charge in [0.1, 0.15) is 10.9 Å². The third kappa shape index (κ3) is 3.05. The lowest BCUT2D eigenvalue weighted by Gasteiger charge is -2.10. The highest BCUT2D eigenvalue weighted by Crippen LogP contribution is 2.37. The molecule has 1 N–H and O–H groups in total. The van der Waals surface area contributed by atoms with Gasteiger partial charge in [0, 0.05) is 18.3 Å². The largest absolute Gasteiger partial charge is 0.464 e. The van der Waals surface area contributed by atoms with Gasteiger partial charge in [0.15, 0.2) is 11.3 Å². The third-order valence-electron chi connectivity index (χ3n) is 4.24. The van der Waals surface area contributed by atoms with Crippen LogP contribution in [0.2, 0.25) is 5.15 Å². The van der Waals surface area contributed by atoms with Crippen LogP contribution < -0.4 is 5.32 Å². The molecule has 0 aromatic carbocycles. The lowest BCUT2D eigenvalue weighted by Crippen LogP contribution is -2.26. The first kappa shape index (κ1) is 17.0. The van der Waals surface area contributed by atoms with Crippen molar-refractivity contribution < 1.29 is 22.4 Å². The molecule has 3 aromatic heterocycles. The summed E-state index contributed by atoms with van der Waals surface area (Å²) in [4.78, 5) is 16.1. The van der Waals surface area contributed by atoms with Gasteiger partial charge in [-0.05, 0) is 37.0 Å². The Kier molecular flexibility index (Phi) is 3.95. The number of aromatic nitrogens is 2. The van der Waals surface area contributed by atoms with Gasteiger partial charge >= 0.3 is 6.18 Å². The van der Waals surface area contributed by atoms with E-state index in [0.29, 0.717) is 12.5 Å². The van der Waals surface area contributed by atoms with Crippen molar-refractivity contribution >= 4 is 23.2 Å². The number of fused-ring (bicyclic) bond motifs is 1. The van der Waals surface area contributed by atoms with Gasteiger partial charge in [0.2, 0.25) is 0 Å². The van der Waals surface area contributed by atoms with E-state index in [4.69, 9.17) is 16.0 Å². The van der Waals surface area contributed by atoms with Crippen LogP contribution in [0.5, 0.6) is 0 Å². The van der Waals surface area contributed by atoms with Gasteiger partial charge in [0.25, 0.3) is 5.91 Å². The predicted octanol–water partition coefficient (Wildman–Crippen LogP) is 4.41. The van der Waals surface area contributed by atoms with Gasteiger partial charge in [0.05, 0.1) is 11.8 Å².